The van der Waals surface area contributed by atoms with Crippen molar-refractivity contribution in [1.29, 1.82) is 5.26 Å². The summed E-state index contributed by atoms with van der Waals surface area (Å²) >= 11 is 1.96. The van der Waals surface area contributed by atoms with Gasteiger partial charge in [0.1, 0.15) is 17.4 Å². The SMILES string of the molecule is CCC1CN(c2cccc(F)c2C#N)CCS1. The Hall–Kier alpha value is -1.21. The molecule has 1 atom stereocenters. The predicted molar refractivity (Wildman–Crippen MR) is 69.9 cm³/mol. The maximum absolute atomic E-state index is 13.5. The first kappa shape index (κ1) is 12.3. The van der Waals surface area contributed by atoms with Crippen molar-refractivity contribution in [2.75, 3.05) is 23.7 Å². The molecule has 1 saturated heterocycles. The zero-order valence-corrected chi connectivity index (χ0v) is 10.6. The molecule has 1 heterocycles. The second-order valence-electron chi connectivity index (χ2n) is 4.09. The average molecular weight is 250 g/mol. The van der Waals surface area contributed by atoms with Gasteiger partial charge >= 0.3 is 0 Å². The normalized spacial score (nSPS) is 20.1. The van der Waals surface area contributed by atoms with Gasteiger partial charge in [-0.2, -0.15) is 17.0 Å². The van der Waals surface area contributed by atoms with Crippen molar-refractivity contribution in [3.63, 3.8) is 0 Å². The molecule has 17 heavy (non-hydrogen) atoms. The zero-order valence-electron chi connectivity index (χ0n) is 9.82. The molecule has 0 spiro atoms. The summed E-state index contributed by atoms with van der Waals surface area (Å²) in [5.41, 5.74) is 0.917. The molecule has 0 N–H and O–H groups in total. The van der Waals surface area contributed by atoms with Crippen molar-refractivity contribution in [3.05, 3.63) is 29.6 Å². The Labute approximate surface area is 105 Å². The van der Waals surface area contributed by atoms with Crippen LogP contribution in [0.15, 0.2) is 18.2 Å². The minimum Gasteiger partial charge on any atom is -0.368 e. The van der Waals surface area contributed by atoms with Crippen molar-refractivity contribution >= 4 is 17.4 Å². The van der Waals surface area contributed by atoms with Crippen LogP contribution < -0.4 is 4.90 Å². The molecule has 1 aliphatic rings. The lowest BCUT2D eigenvalue weighted by molar-refractivity contribution is 0.621. The Morgan fingerprint density at radius 2 is 2.41 bits per heavy atom. The molecule has 2 nitrogen and oxygen atoms in total. The average Bonchev–Trinajstić information content (AvgIpc) is 2.38. The number of thioether (sulfide) groups is 1. The number of benzene rings is 1. The molecule has 1 aromatic carbocycles. The summed E-state index contributed by atoms with van der Waals surface area (Å²) in [4.78, 5) is 2.13. The van der Waals surface area contributed by atoms with E-state index in [1.807, 2.05) is 23.9 Å². The molecule has 0 aromatic heterocycles. The van der Waals surface area contributed by atoms with Crippen LogP contribution in [0.2, 0.25) is 0 Å². The highest BCUT2D eigenvalue weighted by atomic mass is 32.2. The molecule has 90 valence electrons. The quantitative estimate of drug-likeness (QED) is 0.807. The third kappa shape index (κ3) is 2.55. The van der Waals surface area contributed by atoms with Gasteiger partial charge in [-0.15, -0.1) is 0 Å². The Balaban J connectivity index is 2.28. The Bertz CT molecular complexity index is 442. The van der Waals surface area contributed by atoms with Gasteiger partial charge in [0, 0.05) is 24.1 Å². The van der Waals surface area contributed by atoms with E-state index >= 15 is 0 Å². The van der Waals surface area contributed by atoms with Crippen LogP contribution in [-0.2, 0) is 0 Å². The van der Waals surface area contributed by atoms with Crippen molar-refractivity contribution in [2.45, 2.75) is 18.6 Å². The lowest BCUT2D eigenvalue weighted by Crippen LogP contribution is -2.38. The van der Waals surface area contributed by atoms with Crippen LogP contribution in [0.25, 0.3) is 0 Å². The molecule has 0 amide bonds. The van der Waals surface area contributed by atoms with Gasteiger partial charge in [-0.25, -0.2) is 4.39 Å². The van der Waals surface area contributed by atoms with Gasteiger partial charge in [-0.3, -0.25) is 0 Å². The first-order chi connectivity index (χ1) is 8.26. The molecule has 4 heteroatoms. The first-order valence-corrected chi connectivity index (χ1v) is 6.86. The summed E-state index contributed by atoms with van der Waals surface area (Å²) in [6.07, 6.45) is 1.11. The minimum absolute atomic E-state index is 0.175. The monoisotopic (exact) mass is 250 g/mol. The van der Waals surface area contributed by atoms with E-state index in [2.05, 4.69) is 11.8 Å². The van der Waals surface area contributed by atoms with E-state index < -0.39 is 5.82 Å². The minimum atomic E-state index is -0.420. The number of anilines is 1. The van der Waals surface area contributed by atoms with Crippen LogP contribution in [0.1, 0.15) is 18.9 Å². The second kappa shape index (κ2) is 5.42. The van der Waals surface area contributed by atoms with E-state index in [4.69, 9.17) is 5.26 Å². The van der Waals surface area contributed by atoms with Crippen LogP contribution >= 0.6 is 11.8 Å². The number of hydrogen-bond acceptors (Lipinski definition) is 3. The number of nitrogens with zero attached hydrogens (tertiary/aromatic N) is 2. The predicted octanol–water partition coefficient (Wildman–Crippen LogP) is 3.03. The molecule has 0 aliphatic carbocycles. The topological polar surface area (TPSA) is 27.0 Å². The highest BCUT2D eigenvalue weighted by Crippen LogP contribution is 2.28. The Morgan fingerprint density at radius 3 is 3.12 bits per heavy atom. The summed E-state index contributed by atoms with van der Waals surface area (Å²) in [6.45, 7) is 3.95. The summed E-state index contributed by atoms with van der Waals surface area (Å²) in [7, 11) is 0. The molecule has 0 saturated carbocycles. The largest absolute Gasteiger partial charge is 0.368 e. The number of rotatable bonds is 2. The van der Waals surface area contributed by atoms with E-state index in [-0.39, 0.29) is 5.56 Å². The van der Waals surface area contributed by atoms with Gasteiger partial charge in [0.25, 0.3) is 0 Å². The van der Waals surface area contributed by atoms with E-state index in [1.165, 1.54) is 6.07 Å². The number of hydrogen-bond donors (Lipinski definition) is 0. The van der Waals surface area contributed by atoms with Crippen molar-refractivity contribution in [3.8, 4) is 6.07 Å². The van der Waals surface area contributed by atoms with Gasteiger partial charge < -0.3 is 4.90 Å². The summed E-state index contributed by atoms with van der Waals surface area (Å²) in [5, 5.41) is 9.61. The standard InChI is InChI=1S/C13H15FN2S/c1-2-10-9-16(6-7-17-10)13-5-3-4-12(14)11(13)8-15/h3-5,10H,2,6-7,9H2,1H3. The van der Waals surface area contributed by atoms with E-state index in [0.717, 1.165) is 31.0 Å². The summed E-state index contributed by atoms with van der Waals surface area (Å²) < 4.78 is 13.5. The number of nitriles is 1. The Morgan fingerprint density at radius 1 is 1.59 bits per heavy atom. The fourth-order valence-electron chi connectivity index (χ4n) is 2.07. The fraction of sp³-hybridized carbons (Fsp3) is 0.462. The molecule has 0 radical (unpaired) electrons. The molecular formula is C13H15FN2S. The highest BCUT2D eigenvalue weighted by molar-refractivity contribution is 8.00. The van der Waals surface area contributed by atoms with Crippen molar-refractivity contribution in [2.24, 2.45) is 0 Å². The first-order valence-electron chi connectivity index (χ1n) is 5.81. The van der Waals surface area contributed by atoms with Crippen LogP contribution in [0.4, 0.5) is 10.1 Å². The van der Waals surface area contributed by atoms with Crippen LogP contribution in [0.3, 0.4) is 0 Å². The third-order valence-electron chi connectivity index (χ3n) is 3.04. The van der Waals surface area contributed by atoms with E-state index in [0.29, 0.717) is 5.25 Å². The van der Waals surface area contributed by atoms with Gasteiger partial charge in [-0.1, -0.05) is 13.0 Å². The molecule has 1 aromatic rings. The second-order valence-corrected chi connectivity index (χ2v) is 5.50. The fourth-order valence-corrected chi connectivity index (χ4v) is 3.25. The maximum Gasteiger partial charge on any atom is 0.143 e. The van der Waals surface area contributed by atoms with E-state index in [9.17, 15) is 4.39 Å². The van der Waals surface area contributed by atoms with Gasteiger partial charge in [0.2, 0.25) is 0 Å². The van der Waals surface area contributed by atoms with Crippen LogP contribution in [0.5, 0.6) is 0 Å². The van der Waals surface area contributed by atoms with Gasteiger partial charge in [-0.05, 0) is 18.6 Å². The smallest absolute Gasteiger partial charge is 0.143 e. The van der Waals surface area contributed by atoms with E-state index in [1.54, 1.807) is 6.07 Å². The summed E-state index contributed by atoms with van der Waals surface area (Å²) in [5.74, 6) is 0.621. The highest BCUT2D eigenvalue weighted by Gasteiger charge is 2.22. The molecule has 1 unspecified atom stereocenters. The molecular weight excluding hydrogens is 235 g/mol. The van der Waals surface area contributed by atoms with Crippen molar-refractivity contribution < 1.29 is 4.39 Å². The van der Waals surface area contributed by atoms with Gasteiger partial charge in [0.05, 0.1) is 5.69 Å². The molecule has 0 bridgehead atoms. The molecule has 1 aliphatic heterocycles. The van der Waals surface area contributed by atoms with Crippen molar-refractivity contribution in [1.82, 2.24) is 0 Å². The van der Waals surface area contributed by atoms with Crippen LogP contribution in [0, 0.1) is 17.1 Å². The summed E-state index contributed by atoms with van der Waals surface area (Å²) in [6, 6.07) is 6.83. The Kier molecular flexibility index (Phi) is 3.90. The lowest BCUT2D eigenvalue weighted by Gasteiger charge is -2.34. The van der Waals surface area contributed by atoms with Gasteiger partial charge in [0.15, 0.2) is 0 Å². The third-order valence-corrected chi connectivity index (χ3v) is 4.41. The maximum atomic E-state index is 13.5. The molecule has 1 fully saturated rings. The number of halogens is 1. The lowest BCUT2D eigenvalue weighted by atomic mass is 10.1. The van der Waals surface area contributed by atoms with Crippen LogP contribution in [-0.4, -0.2) is 24.1 Å². The molecule has 2 rings (SSSR count). The zero-order chi connectivity index (χ0) is 12.3.